The molecule has 1 aliphatic heterocycles. The van der Waals surface area contributed by atoms with Crippen molar-refractivity contribution < 1.29 is 0 Å². The van der Waals surface area contributed by atoms with Gasteiger partial charge in [0.15, 0.2) is 0 Å². The third-order valence-electron chi connectivity index (χ3n) is 4.04. The fraction of sp³-hybridized carbons (Fsp3) is 1.00. The zero-order valence-corrected chi connectivity index (χ0v) is 12.2. The van der Waals surface area contributed by atoms with Crippen molar-refractivity contribution in [3.05, 3.63) is 0 Å². The fourth-order valence-electron chi connectivity index (χ4n) is 2.51. The smallest absolute Gasteiger partial charge is 0.0110 e. The van der Waals surface area contributed by atoms with Gasteiger partial charge in [0.2, 0.25) is 0 Å². The Morgan fingerprint density at radius 2 is 1.65 bits per heavy atom. The lowest BCUT2D eigenvalue weighted by Crippen LogP contribution is -2.51. The Balaban J connectivity index is 2.32. The second-order valence-corrected chi connectivity index (χ2v) is 6.34. The largest absolute Gasteiger partial charge is 0.330 e. The van der Waals surface area contributed by atoms with Gasteiger partial charge in [0.25, 0.3) is 0 Å². The van der Waals surface area contributed by atoms with E-state index >= 15 is 0 Å². The summed E-state index contributed by atoms with van der Waals surface area (Å²) < 4.78 is 0. The highest BCUT2D eigenvalue weighted by atomic mass is 15.3. The van der Waals surface area contributed by atoms with Crippen molar-refractivity contribution in [3.8, 4) is 0 Å². The number of hydrogen-bond donors (Lipinski definition) is 1. The molecule has 0 amide bonds. The third kappa shape index (κ3) is 4.94. The summed E-state index contributed by atoms with van der Waals surface area (Å²) in [5.74, 6) is 0.784. The van der Waals surface area contributed by atoms with Crippen molar-refractivity contribution in [2.45, 2.75) is 34.1 Å². The average Bonchev–Trinajstić information content (AvgIpc) is 2.31. The summed E-state index contributed by atoms with van der Waals surface area (Å²) in [5, 5.41) is 0. The third-order valence-corrected chi connectivity index (χ3v) is 4.04. The molecule has 0 saturated carbocycles. The quantitative estimate of drug-likeness (QED) is 0.767. The SMILES string of the molecule is CCC(C)(CN)CN1CCN(CC(C)C)CC1. The first-order chi connectivity index (χ1) is 7.99. The fourth-order valence-corrected chi connectivity index (χ4v) is 2.51. The molecular weight excluding hydrogens is 210 g/mol. The number of hydrogen-bond acceptors (Lipinski definition) is 3. The van der Waals surface area contributed by atoms with Crippen LogP contribution in [0.3, 0.4) is 0 Å². The lowest BCUT2D eigenvalue weighted by atomic mass is 9.87. The number of piperazine rings is 1. The Labute approximate surface area is 107 Å². The van der Waals surface area contributed by atoms with Gasteiger partial charge in [0.1, 0.15) is 0 Å². The van der Waals surface area contributed by atoms with E-state index in [0.29, 0.717) is 5.41 Å². The van der Waals surface area contributed by atoms with Gasteiger partial charge >= 0.3 is 0 Å². The molecule has 1 saturated heterocycles. The molecule has 3 heteroatoms. The Bertz CT molecular complexity index is 204. The van der Waals surface area contributed by atoms with Crippen LogP contribution >= 0.6 is 0 Å². The molecule has 0 spiro atoms. The molecule has 0 bridgehead atoms. The van der Waals surface area contributed by atoms with Crippen LogP contribution in [-0.2, 0) is 0 Å². The number of nitrogens with zero attached hydrogens (tertiary/aromatic N) is 2. The van der Waals surface area contributed by atoms with Crippen LogP contribution in [0.2, 0.25) is 0 Å². The predicted molar refractivity (Wildman–Crippen MR) is 75.2 cm³/mol. The standard InChI is InChI=1S/C14H31N3/c1-5-14(4,11-15)12-17-8-6-16(7-9-17)10-13(2)3/h13H,5-12,15H2,1-4H3. The minimum absolute atomic E-state index is 0.306. The molecule has 1 atom stereocenters. The Kier molecular flexibility index (Phi) is 5.90. The van der Waals surface area contributed by atoms with Crippen LogP contribution < -0.4 is 5.73 Å². The van der Waals surface area contributed by atoms with Gasteiger partial charge in [-0.05, 0) is 24.3 Å². The van der Waals surface area contributed by atoms with Crippen LogP contribution in [0.15, 0.2) is 0 Å². The van der Waals surface area contributed by atoms with Crippen molar-refractivity contribution in [1.82, 2.24) is 9.80 Å². The maximum atomic E-state index is 5.89. The highest BCUT2D eigenvalue weighted by Crippen LogP contribution is 2.21. The first-order valence-electron chi connectivity index (χ1n) is 7.14. The van der Waals surface area contributed by atoms with Crippen molar-refractivity contribution in [1.29, 1.82) is 0 Å². The monoisotopic (exact) mass is 241 g/mol. The summed E-state index contributed by atoms with van der Waals surface area (Å²) in [6.45, 7) is 17.2. The zero-order chi connectivity index (χ0) is 12.9. The van der Waals surface area contributed by atoms with Crippen molar-refractivity contribution >= 4 is 0 Å². The number of rotatable bonds is 6. The molecule has 1 fully saturated rings. The maximum Gasteiger partial charge on any atom is 0.0110 e. The van der Waals surface area contributed by atoms with E-state index in [1.165, 1.54) is 39.1 Å². The molecule has 2 N–H and O–H groups in total. The van der Waals surface area contributed by atoms with Crippen molar-refractivity contribution in [3.63, 3.8) is 0 Å². The highest BCUT2D eigenvalue weighted by Gasteiger charge is 2.26. The lowest BCUT2D eigenvalue weighted by Gasteiger charge is -2.40. The van der Waals surface area contributed by atoms with Crippen LogP contribution in [0, 0.1) is 11.3 Å². The van der Waals surface area contributed by atoms with Gasteiger partial charge < -0.3 is 15.5 Å². The molecule has 17 heavy (non-hydrogen) atoms. The van der Waals surface area contributed by atoms with E-state index in [1.54, 1.807) is 0 Å². The van der Waals surface area contributed by atoms with Crippen LogP contribution in [0.5, 0.6) is 0 Å². The molecule has 3 nitrogen and oxygen atoms in total. The molecule has 0 aromatic rings. The molecule has 1 rings (SSSR count). The van der Waals surface area contributed by atoms with E-state index in [2.05, 4.69) is 37.5 Å². The molecule has 102 valence electrons. The molecular formula is C14H31N3. The van der Waals surface area contributed by atoms with Crippen LogP contribution in [0.25, 0.3) is 0 Å². The zero-order valence-electron chi connectivity index (χ0n) is 12.2. The summed E-state index contributed by atoms with van der Waals surface area (Å²) in [6, 6.07) is 0. The van der Waals surface area contributed by atoms with E-state index in [1.807, 2.05) is 0 Å². The first-order valence-corrected chi connectivity index (χ1v) is 7.14. The predicted octanol–water partition coefficient (Wildman–Crippen LogP) is 1.64. The summed E-state index contributed by atoms with van der Waals surface area (Å²) in [7, 11) is 0. The number of nitrogens with two attached hydrogens (primary N) is 1. The molecule has 1 aliphatic rings. The van der Waals surface area contributed by atoms with Gasteiger partial charge in [-0.1, -0.05) is 27.7 Å². The Hall–Kier alpha value is -0.120. The van der Waals surface area contributed by atoms with Crippen LogP contribution in [-0.4, -0.2) is 55.6 Å². The normalized spacial score (nSPS) is 22.9. The summed E-state index contributed by atoms with van der Waals surface area (Å²) in [4.78, 5) is 5.18. The highest BCUT2D eigenvalue weighted by molar-refractivity contribution is 4.81. The lowest BCUT2D eigenvalue weighted by molar-refractivity contribution is 0.0858. The molecule has 0 aliphatic carbocycles. The van der Waals surface area contributed by atoms with Crippen LogP contribution in [0.1, 0.15) is 34.1 Å². The van der Waals surface area contributed by atoms with Crippen molar-refractivity contribution in [2.75, 3.05) is 45.8 Å². The molecule has 0 radical (unpaired) electrons. The minimum Gasteiger partial charge on any atom is -0.330 e. The topological polar surface area (TPSA) is 32.5 Å². The van der Waals surface area contributed by atoms with Gasteiger partial charge in [0.05, 0.1) is 0 Å². The van der Waals surface area contributed by atoms with E-state index in [4.69, 9.17) is 5.73 Å². The maximum absolute atomic E-state index is 5.89. The summed E-state index contributed by atoms with van der Waals surface area (Å²) in [5.41, 5.74) is 6.20. The van der Waals surface area contributed by atoms with Crippen LogP contribution in [0.4, 0.5) is 0 Å². The van der Waals surface area contributed by atoms with Gasteiger partial charge in [-0.25, -0.2) is 0 Å². The van der Waals surface area contributed by atoms with E-state index in [0.717, 1.165) is 19.0 Å². The molecule has 1 unspecified atom stereocenters. The van der Waals surface area contributed by atoms with Gasteiger partial charge in [-0.3, -0.25) is 0 Å². The molecule has 1 heterocycles. The Morgan fingerprint density at radius 1 is 1.12 bits per heavy atom. The second kappa shape index (κ2) is 6.72. The van der Waals surface area contributed by atoms with Gasteiger partial charge in [0, 0.05) is 39.3 Å². The van der Waals surface area contributed by atoms with Gasteiger partial charge in [-0.2, -0.15) is 0 Å². The van der Waals surface area contributed by atoms with Crippen molar-refractivity contribution in [2.24, 2.45) is 17.1 Å². The molecule has 0 aromatic carbocycles. The van der Waals surface area contributed by atoms with Gasteiger partial charge in [-0.15, -0.1) is 0 Å². The molecule has 0 aromatic heterocycles. The second-order valence-electron chi connectivity index (χ2n) is 6.34. The minimum atomic E-state index is 0.306. The van der Waals surface area contributed by atoms with E-state index in [-0.39, 0.29) is 0 Å². The van der Waals surface area contributed by atoms with E-state index in [9.17, 15) is 0 Å². The average molecular weight is 241 g/mol. The summed E-state index contributed by atoms with van der Waals surface area (Å²) in [6.07, 6.45) is 1.18. The first kappa shape index (κ1) is 14.9. The van der Waals surface area contributed by atoms with E-state index < -0.39 is 0 Å². The Morgan fingerprint density at radius 3 is 2.06 bits per heavy atom. The summed E-state index contributed by atoms with van der Waals surface area (Å²) >= 11 is 0.